The first-order valence-electron chi connectivity index (χ1n) is 30.1. The highest BCUT2D eigenvalue weighted by atomic mass is 35.5. The van der Waals surface area contributed by atoms with E-state index in [1.165, 1.54) is 41.3 Å². The third kappa shape index (κ3) is 18.5. The van der Waals surface area contributed by atoms with Crippen molar-refractivity contribution in [3.63, 3.8) is 0 Å². The molecule has 9 rings (SSSR count). The second-order valence-electron chi connectivity index (χ2n) is 23.5. The maximum atomic E-state index is 15.7. The van der Waals surface area contributed by atoms with E-state index in [9.17, 15) is 33.9 Å². The van der Waals surface area contributed by atoms with E-state index in [4.69, 9.17) is 40.0 Å². The first-order valence-corrected chi connectivity index (χ1v) is 30.5. The molecule has 5 aromatic heterocycles. The molecule has 0 spiro atoms. The normalized spacial score (nSPS) is 15.2. The predicted molar refractivity (Wildman–Crippen MR) is 333 cm³/mol. The monoisotopic (exact) mass is 1290 g/mol. The average molecular weight is 1290 g/mol. The minimum absolute atomic E-state index is 0.0262. The van der Waals surface area contributed by atoms with Crippen LogP contribution < -0.4 is 29.7 Å². The number of hydrogen-bond acceptors (Lipinski definition) is 20. The molecule has 7 aromatic rings. The molecule has 0 radical (unpaired) electrons. The Kier molecular flexibility index (Phi) is 22.8. The van der Waals surface area contributed by atoms with E-state index in [1.807, 2.05) is 38.7 Å². The maximum Gasteiger partial charge on any atom is 0.326 e. The Hall–Kier alpha value is -9.23. The third-order valence-corrected chi connectivity index (χ3v) is 15.7. The van der Waals surface area contributed by atoms with E-state index >= 15 is 4.39 Å². The lowest BCUT2D eigenvalue weighted by molar-refractivity contribution is -0.142. The maximum absolute atomic E-state index is 15.7. The summed E-state index contributed by atoms with van der Waals surface area (Å²) in [7, 11) is 0. The van der Waals surface area contributed by atoms with Crippen molar-refractivity contribution >= 4 is 58.0 Å². The summed E-state index contributed by atoms with van der Waals surface area (Å²) >= 11 is 6.73. The van der Waals surface area contributed by atoms with Crippen molar-refractivity contribution in [2.24, 2.45) is 5.41 Å². The van der Waals surface area contributed by atoms with Crippen LogP contribution in [0.2, 0.25) is 5.02 Å². The first-order chi connectivity index (χ1) is 44.2. The predicted octanol–water partition coefficient (Wildman–Crippen LogP) is 8.28. The topological polar surface area (TPSA) is 297 Å². The van der Waals surface area contributed by atoms with Crippen LogP contribution in [-0.2, 0) is 46.5 Å². The number of nitriles is 1. The SMILES string of the molecule is Cc1nc2cc(F)c(-c3cnc(N4CCN(C(=O)Cn5cc(COCCOCCOCC(=O)N6CCC(Oc7ccc(Oc8cccc(OCC(=O)N[C@@H](CCC(C)(C)C)C(=O)O)c8)nc7)CC6)nn5)[C@H](C)C4)nc3)nc2c(N[C@H](C)c2cc(C#N)ccc2F)c1Cl. The van der Waals surface area contributed by atoms with Gasteiger partial charge in [-0.05, 0) is 75.4 Å². The lowest BCUT2D eigenvalue weighted by Crippen LogP contribution is -2.55. The van der Waals surface area contributed by atoms with Gasteiger partial charge < -0.3 is 58.9 Å². The highest BCUT2D eigenvalue weighted by molar-refractivity contribution is 6.35. The number of amides is 3. The van der Waals surface area contributed by atoms with E-state index in [1.54, 1.807) is 72.4 Å². The molecular formula is C64H73ClF2N14O11. The largest absolute Gasteiger partial charge is 0.489 e. The Morgan fingerprint density at radius 3 is 2.33 bits per heavy atom. The number of nitrogens with zero attached hydrogens (tertiary/aromatic N) is 12. The van der Waals surface area contributed by atoms with Crippen molar-refractivity contribution in [2.45, 2.75) is 105 Å². The number of piperidine rings is 1. The number of ether oxygens (including phenoxy) is 6. The number of rotatable bonds is 28. The van der Waals surface area contributed by atoms with Crippen molar-refractivity contribution in [2.75, 3.05) is 82.6 Å². The second kappa shape index (κ2) is 31.2. The molecule has 3 atom stereocenters. The number of aromatic nitrogens is 8. The van der Waals surface area contributed by atoms with Crippen LogP contribution in [0.3, 0.4) is 0 Å². The smallest absolute Gasteiger partial charge is 0.326 e. The lowest BCUT2D eigenvalue weighted by atomic mass is 9.88. The number of piperazine rings is 1. The highest BCUT2D eigenvalue weighted by Gasteiger charge is 2.31. The number of anilines is 2. The molecule has 0 bridgehead atoms. The fourth-order valence-corrected chi connectivity index (χ4v) is 10.5. The Morgan fingerprint density at radius 2 is 1.61 bits per heavy atom. The van der Waals surface area contributed by atoms with Gasteiger partial charge in [0.15, 0.2) is 12.4 Å². The Morgan fingerprint density at radius 1 is 0.859 bits per heavy atom. The van der Waals surface area contributed by atoms with Gasteiger partial charge in [0.1, 0.15) is 65.3 Å². The summed E-state index contributed by atoms with van der Waals surface area (Å²) in [6.07, 6.45) is 8.24. The van der Waals surface area contributed by atoms with E-state index < -0.39 is 35.6 Å². The zero-order valence-electron chi connectivity index (χ0n) is 51.9. The number of halogens is 3. The minimum atomic E-state index is -1.10. The van der Waals surface area contributed by atoms with Crippen LogP contribution in [0.5, 0.6) is 23.1 Å². The van der Waals surface area contributed by atoms with E-state index in [2.05, 4.69) is 45.9 Å². The van der Waals surface area contributed by atoms with Gasteiger partial charge in [-0.1, -0.05) is 43.7 Å². The summed E-state index contributed by atoms with van der Waals surface area (Å²) in [6, 6.07) is 15.6. The van der Waals surface area contributed by atoms with Crippen LogP contribution in [0.15, 0.2) is 85.5 Å². The van der Waals surface area contributed by atoms with Crippen LogP contribution in [0.4, 0.5) is 20.4 Å². The van der Waals surface area contributed by atoms with Crippen LogP contribution in [0.25, 0.3) is 22.3 Å². The standard InChI is InChI=1S/C64H73ClF2N14O11/c1-39-33-79(63-70-30-43(31-71-63)59-51(67)28-53-60(75-59)61(58(65)41(3)72-53)73-40(2)49-26-42(29-68)10-12-50(49)66)20-21-81(39)56(83)35-80-34-44(76-77-80)36-88-24-22-87-23-25-89-38-57(84)78-18-15-45(16-19-78)91-48-11-13-55(69-32-48)92-47-9-7-8-46(27-47)90-37-54(82)74-52(62(85)86)14-17-64(4,5)6/h7-13,26-28,30-32,34,39-40,45,52H,14-25,33,35-38H2,1-6H3,(H,72,73)(H,74,82)(H,85,86)/t39-,40-,52+/m1/s1. The van der Waals surface area contributed by atoms with Gasteiger partial charge in [0, 0.05) is 93.3 Å². The highest BCUT2D eigenvalue weighted by Crippen LogP contribution is 2.37. The summed E-state index contributed by atoms with van der Waals surface area (Å²) in [5.74, 6) is -1.05. The quantitative estimate of drug-likeness (QED) is 0.0389. The molecule has 0 unspecified atom stereocenters. The summed E-state index contributed by atoms with van der Waals surface area (Å²) in [6.45, 7) is 14.3. The number of aliphatic carboxylic acids is 1. The van der Waals surface area contributed by atoms with Gasteiger partial charge in [0.05, 0.1) is 85.0 Å². The first kappa shape index (κ1) is 67.2. The molecule has 28 heteroatoms. The van der Waals surface area contributed by atoms with E-state index in [-0.39, 0.29) is 115 Å². The molecule has 2 saturated heterocycles. The number of carbonyl (C=O) groups is 4. The Bertz CT molecular complexity index is 3750. The molecular weight excluding hydrogens is 1210 g/mol. The molecule has 2 aliphatic heterocycles. The molecule has 3 amide bonds. The number of hydrogen-bond donors (Lipinski definition) is 3. The number of fused-ring (bicyclic) bond motifs is 1. The van der Waals surface area contributed by atoms with Crippen molar-refractivity contribution in [3.8, 4) is 40.5 Å². The number of nitrogens with one attached hydrogen (secondary N) is 2. The molecule has 2 aliphatic rings. The third-order valence-electron chi connectivity index (χ3n) is 15.2. The molecule has 0 saturated carbocycles. The Labute approximate surface area is 535 Å². The molecule has 2 aromatic carbocycles. The van der Waals surface area contributed by atoms with Gasteiger partial charge in [-0.25, -0.2) is 43.2 Å². The van der Waals surface area contributed by atoms with Crippen LogP contribution in [0.1, 0.15) is 88.9 Å². The van der Waals surface area contributed by atoms with Crippen LogP contribution in [0, 0.1) is 35.3 Å². The fraction of sp³-hybridized carbons (Fsp3) is 0.438. The summed E-state index contributed by atoms with van der Waals surface area (Å²) in [5, 5.41) is 33.2. The Balaban J connectivity index is 0.620. The molecule has 7 heterocycles. The van der Waals surface area contributed by atoms with Gasteiger partial charge in [0.25, 0.3) is 5.91 Å². The van der Waals surface area contributed by atoms with Gasteiger partial charge >= 0.3 is 5.97 Å². The fourth-order valence-electron chi connectivity index (χ4n) is 10.3. The molecule has 92 heavy (non-hydrogen) atoms. The number of carboxylic acid groups (broad SMARTS) is 1. The molecule has 2 fully saturated rings. The summed E-state index contributed by atoms with van der Waals surface area (Å²) < 4.78 is 66.7. The lowest BCUT2D eigenvalue weighted by Gasteiger charge is -2.39. The van der Waals surface area contributed by atoms with Gasteiger partial charge in [-0.3, -0.25) is 14.4 Å². The van der Waals surface area contributed by atoms with Gasteiger partial charge in [-0.15, -0.1) is 5.10 Å². The zero-order valence-corrected chi connectivity index (χ0v) is 52.7. The minimum Gasteiger partial charge on any atom is -0.489 e. The number of aryl methyl sites for hydroxylation is 1. The van der Waals surface area contributed by atoms with Crippen molar-refractivity contribution in [1.82, 2.24) is 55.0 Å². The van der Waals surface area contributed by atoms with E-state index in [0.29, 0.717) is 110 Å². The van der Waals surface area contributed by atoms with E-state index in [0.717, 1.165) is 0 Å². The van der Waals surface area contributed by atoms with Crippen molar-refractivity contribution < 1.29 is 61.5 Å². The number of likely N-dealkylation sites (tertiary alicyclic amines) is 1. The number of pyridine rings is 3. The van der Waals surface area contributed by atoms with Gasteiger partial charge in [-0.2, -0.15) is 5.26 Å². The zero-order chi connectivity index (χ0) is 65.5. The molecule has 0 aliphatic carbocycles. The summed E-state index contributed by atoms with van der Waals surface area (Å²) in [5.41, 5.74) is 2.45. The number of benzene rings is 2. The molecule has 3 N–H and O–H groups in total. The van der Waals surface area contributed by atoms with Crippen molar-refractivity contribution in [3.05, 3.63) is 125 Å². The second-order valence-corrected chi connectivity index (χ2v) is 23.9. The van der Waals surface area contributed by atoms with Crippen LogP contribution in [-0.4, -0.2) is 169 Å². The number of carbonyl (C=O) groups excluding carboxylic acids is 3. The molecule has 486 valence electrons. The van der Waals surface area contributed by atoms with Gasteiger partial charge in [0.2, 0.25) is 23.6 Å². The average Bonchev–Trinajstić information content (AvgIpc) is 0.864. The summed E-state index contributed by atoms with van der Waals surface area (Å²) in [4.78, 5) is 78.5. The number of carboxylic acids is 1. The molecule has 25 nitrogen and oxygen atoms in total. The van der Waals surface area contributed by atoms with Crippen LogP contribution >= 0.6 is 11.6 Å². The van der Waals surface area contributed by atoms with Crippen molar-refractivity contribution in [1.29, 1.82) is 5.26 Å².